The molecule has 29 heavy (non-hydrogen) atoms. The van der Waals surface area contributed by atoms with Crippen molar-refractivity contribution in [3.8, 4) is 22.5 Å². The van der Waals surface area contributed by atoms with E-state index in [0.717, 1.165) is 29.0 Å². The number of anilines is 1. The van der Waals surface area contributed by atoms with E-state index in [1.165, 1.54) is 6.07 Å². The number of rotatable bonds is 4. The molecule has 0 saturated heterocycles. The third kappa shape index (κ3) is 3.70. The van der Waals surface area contributed by atoms with E-state index in [1.807, 2.05) is 13.0 Å². The minimum Gasteiger partial charge on any atom is -0.322 e. The molecule has 0 saturated carbocycles. The highest BCUT2D eigenvalue weighted by Gasteiger charge is 2.17. The number of nitrogens with one attached hydrogen (secondary N) is 2. The van der Waals surface area contributed by atoms with Gasteiger partial charge < -0.3 is 5.32 Å². The van der Waals surface area contributed by atoms with Gasteiger partial charge in [0.1, 0.15) is 17.2 Å². The number of hydrogen-bond donors (Lipinski definition) is 2. The van der Waals surface area contributed by atoms with Crippen LogP contribution < -0.4 is 5.32 Å². The van der Waals surface area contributed by atoms with Crippen molar-refractivity contribution < 1.29 is 13.6 Å². The summed E-state index contributed by atoms with van der Waals surface area (Å²) in [6.45, 7) is 1.87. The number of amides is 1. The Morgan fingerprint density at radius 3 is 2.41 bits per heavy atom. The Bertz CT molecular complexity index is 1160. The van der Waals surface area contributed by atoms with Crippen LogP contribution in [0.1, 0.15) is 16.1 Å². The number of nitrogens with zero attached hydrogens (tertiary/aromatic N) is 4. The summed E-state index contributed by atoms with van der Waals surface area (Å²) in [7, 11) is 0. The van der Waals surface area contributed by atoms with Gasteiger partial charge in [-0.1, -0.05) is 18.2 Å². The smallest absolute Gasteiger partial charge is 0.261 e. The molecule has 0 spiro atoms. The Hall–Kier alpha value is -4.01. The maximum Gasteiger partial charge on any atom is 0.261 e. The molecule has 0 aliphatic carbocycles. The zero-order valence-electron chi connectivity index (χ0n) is 15.1. The predicted molar refractivity (Wildman–Crippen MR) is 102 cm³/mol. The maximum atomic E-state index is 13.8. The SMILES string of the molecule is Cc1ncc(-c2nn[nH]n2)cc1-c1ccc(NC(=O)c2c(F)cccc2F)cc1. The minimum absolute atomic E-state index is 0.404. The summed E-state index contributed by atoms with van der Waals surface area (Å²) in [5, 5.41) is 16.3. The zero-order valence-corrected chi connectivity index (χ0v) is 15.1. The molecule has 4 aromatic rings. The molecule has 1 amide bonds. The van der Waals surface area contributed by atoms with E-state index in [-0.39, 0.29) is 0 Å². The van der Waals surface area contributed by atoms with Crippen molar-refractivity contribution in [2.75, 3.05) is 5.32 Å². The Labute approximate surface area is 163 Å². The Morgan fingerprint density at radius 2 is 1.76 bits per heavy atom. The molecule has 4 rings (SSSR count). The molecule has 0 aliphatic rings. The molecule has 0 radical (unpaired) electrons. The van der Waals surface area contributed by atoms with Gasteiger partial charge >= 0.3 is 0 Å². The third-order valence-corrected chi connectivity index (χ3v) is 4.33. The van der Waals surface area contributed by atoms with Crippen molar-refractivity contribution in [1.29, 1.82) is 0 Å². The van der Waals surface area contributed by atoms with E-state index in [2.05, 4.69) is 30.9 Å². The first-order chi connectivity index (χ1) is 14.0. The standard InChI is InChI=1S/C20H14F2N6O/c1-11-15(9-13(10-23-11)19-25-27-28-26-19)12-5-7-14(8-6-12)24-20(29)18-16(21)3-2-4-17(18)22/h2-10H,1H3,(H,24,29)(H,25,26,27,28). The molecule has 2 aromatic heterocycles. The van der Waals surface area contributed by atoms with Crippen LogP contribution in [0.3, 0.4) is 0 Å². The van der Waals surface area contributed by atoms with Gasteiger partial charge in [0, 0.05) is 28.7 Å². The average molecular weight is 392 g/mol. The lowest BCUT2D eigenvalue weighted by atomic mass is 10.0. The van der Waals surface area contributed by atoms with Crippen LogP contribution >= 0.6 is 0 Å². The van der Waals surface area contributed by atoms with Crippen LogP contribution in [-0.2, 0) is 0 Å². The van der Waals surface area contributed by atoms with Crippen molar-refractivity contribution in [1.82, 2.24) is 25.6 Å². The first kappa shape index (κ1) is 18.4. The molecular weight excluding hydrogens is 378 g/mol. The van der Waals surface area contributed by atoms with Crippen molar-refractivity contribution >= 4 is 11.6 Å². The lowest BCUT2D eigenvalue weighted by molar-refractivity contribution is 0.101. The number of hydrogen-bond acceptors (Lipinski definition) is 5. The number of aryl methyl sites for hydroxylation is 1. The monoisotopic (exact) mass is 392 g/mol. The van der Waals surface area contributed by atoms with Crippen LogP contribution in [-0.4, -0.2) is 31.5 Å². The van der Waals surface area contributed by atoms with E-state index >= 15 is 0 Å². The van der Waals surface area contributed by atoms with Crippen LogP contribution in [0.5, 0.6) is 0 Å². The largest absolute Gasteiger partial charge is 0.322 e. The molecule has 2 heterocycles. The van der Waals surface area contributed by atoms with Crippen LogP contribution in [0.2, 0.25) is 0 Å². The highest BCUT2D eigenvalue weighted by molar-refractivity contribution is 6.04. The van der Waals surface area contributed by atoms with Crippen molar-refractivity contribution in [2.45, 2.75) is 6.92 Å². The second kappa shape index (κ2) is 7.55. The fourth-order valence-electron chi connectivity index (χ4n) is 2.87. The molecule has 7 nitrogen and oxygen atoms in total. The normalized spacial score (nSPS) is 10.7. The number of halogens is 2. The minimum atomic E-state index is -0.918. The van der Waals surface area contributed by atoms with E-state index < -0.39 is 23.1 Å². The lowest BCUT2D eigenvalue weighted by Gasteiger charge is -2.10. The summed E-state index contributed by atoms with van der Waals surface area (Å²) in [5.41, 5.74) is 2.97. The van der Waals surface area contributed by atoms with Crippen molar-refractivity contribution in [3.05, 3.63) is 77.6 Å². The lowest BCUT2D eigenvalue weighted by Crippen LogP contribution is -2.15. The van der Waals surface area contributed by atoms with Gasteiger partial charge in [-0.05, 0) is 48.0 Å². The molecule has 0 atom stereocenters. The molecule has 0 fully saturated rings. The van der Waals surface area contributed by atoms with E-state index in [1.54, 1.807) is 30.5 Å². The number of aromatic amines is 1. The summed E-state index contributed by atoms with van der Waals surface area (Å²) in [5.74, 6) is -2.27. The highest BCUT2D eigenvalue weighted by atomic mass is 19.1. The van der Waals surface area contributed by atoms with Gasteiger partial charge in [0.2, 0.25) is 5.82 Å². The number of benzene rings is 2. The Balaban J connectivity index is 1.59. The first-order valence-corrected chi connectivity index (χ1v) is 8.59. The topological polar surface area (TPSA) is 96.4 Å². The molecule has 2 aromatic carbocycles. The number of carbonyl (C=O) groups is 1. The first-order valence-electron chi connectivity index (χ1n) is 8.59. The van der Waals surface area contributed by atoms with Crippen molar-refractivity contribution in [2.24, 2.45) is 0 Å². The summed E-state index contributed by atoms with van der Waals surface area (Å²) in [6, 6.07) is 12.0. The van der Waals surface area contributed by atoms with E-state index in [4.69, 9.17) is 0 Å². The maximum absolute atomic E-state index is 13.8. The van der Waals surface area contributed by atoms with Crippen LogP contribution in [0.15, 0.2) is 54.7 Å². The number of H-pyrrole nitrogens is 1. The van der Waals surface area contributed by atoms with Gasteiger partial charge in [-0.15, -0.1) is 10.2 Å². The summed E-state index contributed by atoms with van der Waals surface area (Å²) in [4.78, 5) is 16.6. The van der Waals surface area contributed by atoms with Gasteiger partial charge in [0.25, 0.3) is 5.91 Å². The second-order valence-electron chi connectivity index (χ2n) is 6.22. The van der Waals surface area contributed by atoms with Gasteiger partial charge in [-0.3, -0.25) is 9.78 Å². The fraction of sp³-hybridized carbons (Fsp3) is 0.0500. The summed E-state index contributed by atoms with van der Waals surface area (Å²) in [6.07, 6.45) is 1.65. The van der Waals surface area contributed by atoms with Crippen LogP contribution in [0.25, 0.3) is 22.5 Å². The molecule has 0 aliphatic heterocycles. The number of pyridine rings is 1. The summed E-state index contributed by atoms with van der Waals surface area (Å²) < 4.78 is 27.5. The van der Waals surface area contributed by atoms with E-state index in [0.29, 0.717) is 17.1 Å². The van der Waals surface area contributed by atoms with Crippen LogP contribution in [0, 0.1) is 18.6 Å². The van der Waals surface area contributed by atoms with Crippen molar-refractivity contribution in [3.63, 3.8) is 0 Å². The fourth-order valence-corrected chi connectivity index (χ4v) is 2.87. The highest BCUT2D eigenvalue weighted by Crippen LogP contribution is 2.27. The van der Waals surface area contributed by atoms with Gasteiger partial charge in [-0.2, -0.15) is 5.21 Å². The Morgan fingerprint density at radius 1 is 1.03 bits per heavy atom. The number of carbonyl (C=O) groups excluding carboxylic acids is 1. The average Bonchev–Trinajstić information content (AvgIpc) is 3.24. The van der Waals surface area contributed by atoms with Crippen LogP contribution in [0.4, 0.5) is 14.5 Å². The van der Waals surface area contributed by atoms with Gasteiger partial charge in [0.15, 0.2) is 0 Å². The number of aromatic nitrogens is 5. The quantitative estimate of drug-likeness (QED) is 0.551. The number of tetrazole rings is 1. The predicted octanol–water partition coefficient (Wildman–Crippen LogP) is 3.77. The third-order valence-electron chi connectivity index (χ3n) is 4.33. The molecule has 144 valence electrons. The van der Waals surface area contributed by atoms with Gasteiger partial charge in [-0.25, -0.2) is 8.78 Å². The molecule has 0 bridgehead atoms. The van der Waals surface area contributed by atoms with Gasteiger partial charge in [0.05, 0.1) is 0 Å². The molecule has 0 unspecified atom stereocenters. The Kier molecular flexibility index (Phi) is 4.78. The molecule has 9 heteroatoms. The molecular formula is C20H14F2N6O. The van der Waals surface area contributed by atoms with E-state index in [9.17, 15) is 13.6 Å². The molecule has 2 N–H and O–H groups in total. The zero-order chi connectivity index (χ0) is 20.4. The second-order valence-corrected chi connectivity index (χ2v) is 6.22. The summed E-state index contributed by atoms with van der Waals surface area (Å²) >= 11 is 0.